The van der Waals surface area contributed by atoms with Gasteiger partial charge in [0.05, 0.1) is 5.92 Å². The molecule has 15 heavy (non-hydrogen) atoms. The van der Waals surface area contributed by atoms with Crippen molar-refractivity contribution in [2.24, 2.45) is 11.3 Å². The Morgan fingerprint density at radius 1 is 1.40 bits per heavy atom. The van der Waals surface area contributed by atoms with Gasteiger partial charge in [0.15, 0.2) is 0 Å². The van der Waals surface area contributed by atoms with Crippen LogP contribution in [0.5, 0.6) is 0 Å². The summed E-state index contributed by atoms with van der Waals surface area (Å²) in [6, 6.07) is 0. The molecule has 1 aliphatic carbocycles. The van der Waals surface area contributed by atoms with Crippen molar-refractivity contribution < 1.29 is 19.9 Å². The maximum atomic E-state index is 11.3. The Bertz CT molecular complexity index is 300. The molecule has 2 fully saturated rings. The zero-order chi connectivity index (χ0) is 11.1. The van der Waals surface area contributed by atoms with Crippen LogP contribution in [-0.2, 0) is 4.79 Å². The maximum absolute atomic E-state index is 11.3. The number of carbonyl (C=O) groups excluding carboxylic acids is 1. The predicted molar refractivity (Wildman–Crippen MR) is 49.3 cm³/mol. The maximum Gasteiger partial charge on any atom is 0.407 e. The molecule has 0 aromatic heterocycles. The van der Waals surface area contributed by atoms with Gasteiger partial charge in [0.25, 0.3) is 0 Å². The SMILES string of the molecule is O=C(NO)C1CN(C(=O)O)CC2(CC2)C1. The van der Waals surface area contributed by atoms with Gasteiger partial charge in [-0.2, -0.15) is 0 Å². The third-order valence-corrected chi connectivity index (χ3v) is 3.36. The van der Waals surface area contributed by atoms with E-state index in [1.54, 1.807) is 5.48 Å². The lowest BCUT2D eigenvalue weighted by atomic mass is 9.86. The fourth-order valence-electron chi connectivity index (χ4n) is 2.34. The Morgan fingerprint density at radius 3 is 2.53 bits per heavy atom. The van der Waals surface area contributed by atoms with Gasteiger partial charge >= 0.3 is 6.09 Å². The van der Waals surface area contributed by atoms with Gasteiger partial charge in [-0.3, -0.25) is 10.0 Å². The fourth-order valence-corrected chi connectivity index (χ4v) is 2.34. The summed E-state index contributed by atoms with van der Waals surface area (Å²) in [6.07, 6.45) is 1.65. The highest BCUT2D eigenvalue weighted by molar-refractivity contribution is 5.79. The van der Waals surface area contributed by atoms with Gasteiger partial charge in [0.2, 0.25) is 5.91 Å². The summed E-state index contributed by atoms with van der Waals surface area (Å²) in [5, 5.41) is 17.4. The molecule has 2 aliphatic rings. The van der Waals surface area contributed by atoms with Crippen molar-refractivity contribution in [1.29, 1.82) is 0 Å². The zero-order valence-corrected chi connectivity index (χ0v) is 8.27. The second kappa shape index (κ2) is 3.37. The molecule has 0 radical (unpaired) electrons. The van der Waals surface area contributed by atoms with Crippen molar-refractivity contribution in [2.75, 3.05) is 13.1 Å². The van der Waals surface area contributed by atoms with E-state index in [1.165, 1.54) is 4.90 Å². The predicted octanol–water partition coefficient (Wildman–Crippen LogP) is 0.272. The minimum Gasteiger partial charge on any atom is -0.465 e. The normalized spacial score (nSPS) is 27.5. The molecule has 1 unspecified atom stereocenters. The quantitative estimate of drug-likeness (QED) is 0.431. The van der Waals surface area contributed by atoms with Crippen LogP contribution in [0.1, 0.15) is 19.3 Å². The number of hydrogen-bond donors (Lipinski definition) is 3. The average molecular weight is 214 g/mol. The number of carboxylic acid groups (broad SMARTS) is 1. The lowest BCUT2D eigenvalue weighted by Gasteiger charge is -2.35. The van der Waals surface area contributed by atoms with Crippen LogP contribution in [0.4, 0.5) is 4.79 Å². The standard InChI is InChI=1S/C9H14N2O4/c12-7(10-15)6-3-9(1-2-9)5-11(4-6)8(13)14/h6,15H,1-5H2,(H,10,12)(H,13,14). The van der Waals surface area contributed by atoms with E-state index in [-0.39, 0.29) is 12.0 Å². The van der Waals surface area contributed by atoms with Crippen LogP contribution in [0.3, 0.4) is 0 Å². The Hall–Kier alpha value is -1.30. The summed E-state index contributed by atoms with van der Waals surface area (Å²) < 4.78 is 0. The summed E-state index contributed by atoms with van der Waals surface area (Å²) >= 11 is 0. The molecule has 6 nitrogen and oxygen atoms in total. The molecule has 84 valence electrons. The Kier molecular flexibility index (Phi) is 2.30. The van der Waals surface area contributed by atoms with E-state index < -0.39 is 17.9 Å². The zero-order valence-electron chi connectivity index (χ0n) is 8.27. The van der Waals surface area contributed by atoms with E-state index in [4.69, 9.17) is 10.3 Å². The van der Waals surface area contributed by atoms with Gasteiger partial charge in [0, 0.05) is 13.1 Å². The molecule has 2 amide bonds. The lowest BCUT2D eigenvalue weighted by molar-refractivity contribution is -0.135. The topological polar surface area (TPSA) is 89.9 Å². The summed E-state index contributed by atoms with van der Waals surface area (Å²) in [5.41, 5.74) is 1.61. The van der Waals surface area contributed by atoms with Gasteiger partial charge in [-0.1, -0.05) is 0 Å². The first kappa shape index (κ1) is 10.2. The van der Waals surface area contributed by atoms with Crippen molar-refractivity contribution in [3.05, 3.63) is 0 Å². The van der Waals surface area contributed by atoms with Crippen LogP contribution in [0.25, 0.3) is 0 Å². The molecule has 0 aromatic carbocycles. The molecule has 0 aromatic rings. The van der Waals surface area contributed by atoms with Crippen molar-refractivity contribution in [3.8, 4) is 0 Å². The van der Waals surface area contributed by atoms with Gasteiger partial charge in [-0.15, -0.1) is 0 Å². The van der Waals surface area contributed by atoms with Crippen molar-refractivity contribution in [1.82, 2.24) is 10.4 Å². The molecule has 1 spiro atoms. The number of hydroxylamine groups is 1. The average Bonchev–Trinajstić information content (AvgIpc) is 2.95. The monoisotopic (exact) mass is 214 g/mol. The number of amides is 2. The lowest BCUT2D eigenvalue weighted by Crippen LogP contribution is -2.48. The second-order valence-electron chi connectivity index (χ2n) is 4.54. The minimum absolute atomic E-state index is 0.00775. The number of carbonyl (C=O) groups is 2. The fraction of sp³-hybridized carbons (Fsp3) is 0.778. The summed E-state index contributed by atoms with van der Waals surface area (Å²) in [5.74, 6) is -0.894. The van der Waals surface area contributed by atoms with E-state index in [1.807, 2.05) is 0 Å². The largest absolute Gasteiger partial charge is 0.465 e. The number of nitrogens with one attached hydrogen (secondary N) is 1. The molecule has 1 heterocycles. The smallest absolute Gasteiger partial charge is 0.407 e. The minimum atomic E-state index is -0.989. The van der Waals surface area contributed by atoms with Crippen molar-refractivity contribution in [2.45, 2.75) is 19.3 Å². The molecule has 1 atom stereocenters. The second-order valence-corrected chi connectivity index (χ2v) is 4.54. The molecule has 0 bridgehead atoms. The van der Waals surface area contributed by atoms with E-state index in [9.17, 15) is 9.59 Å². The van der Waals surface area contributed by atoms with Crippen LogP contribution in [0.15, 0.2) is 0 Å². The van der Waals surface area contributed by atoms with Crippen molar-refractivity contribution in [3.63, 3.8) is 0 Å². The Morgan fingerprint density at radius 2 is 2.07 bits per heavy atom. The van der Waals surface area contributed by atoms with E-state index in [2.05, 4.69) is 0 Å². The summed E-state index contributed by atoms with van der Waals surface area (Å²) in [7, 11) is 0. The number of likely N-dealkylation sites (tertiary alicyclic amines) is 1. The molecule has 6 heteroatoms. The molecule has 1 saturated carbocycles. The number of hydrogen-bond acceptors (Lipinski definition) is 3. The molecule has 2 rings (SSSR count). The highest BCUT2D eigenvalue weighted by Crippen LogP contribution is 2.53. The summed E-state index contributed by atoms with van der Waals surface area (Å²) in [6.45, 7) is 0.709. The number of piperidine rings is 1. The molecule has 1 saturated heterocycles. The van der Waals surface area contributed by atoms with Gasteiger partial charge in [-0.05, 0) is 24.7 Å². The third-order valence-electron chi connectivity index (χ3n) is 3.36. The summed E-state index contributed by atoms with van der Waals surface area (Å²) in [4.78, 5) is 23.4. The van der Waals surface area contributed by atoms with Crippen LogP contribution in [-0.4, -0.2) is 40.3 Å². The van der Waals surface area contributed by atoms with Crippen molar-refractivity contribution >= 4 is 12.0 Å². The van der Waals surface area contributed by atoms with Gasteiger partial charge < -0.3 is 10.0 Å². The Balaban J connectivity index is 2.08. The van der Waals surface area contributed by atoms with Crippen LogP contribution in [0, 0.1) is 11.3 Å². The Labute approximate surface area is 86.8 Å². The van der Waals surface area contributed by atoms with E-state index in [0.29, 0.717) is 13.0 Å². The van der Waals surface area contributed by atoms with E-state index in [0.717, 1.165) is 12.8 Å². The third kappa shape index (κ3) is 1.90. The van der Waals surface area contributed by atoms with Crippen LogP contribution < -0.4 is 5.48 Å². The number of rotatable bonds is 1. The first-order valence-electron chi connectivity index (χ1n) is 4.98. The van der Waals surface area contributed by atoms with Gasteiger partial charge in [-0.25, -0.2) is 10.3 Å². The highest BCUT2D eigenvalue weighted by atomic mass is 16.5. The molecular formula is C9H14N2O4. The highest BCUT2D eigenvalue weighted by Gasteiger charge is 2.51. The number of nitrogens with zero attached hydrogens (tertiary/aromatic N) is 1. The molecule has 3 N–H and O–H groups in total. The van der Waals surface area contributed by atoms with Gasteiger partial charge in [0.1, 0.15) is 0 Å². The van der Waals surface area contributed by atoms with Crippen LogP contribution in [0.2, 0.25) is 0 Å². The molecular weight excluding hydrogens is 200 g/mol. The first-order chi connectivity index (χ1) is 7.06. The molecule has 1 aliphatic heterocycles. The van der Waals surface area contributed by atoms with E-state index >= 15 is 0 Å². The van der Waals surface area contributed by atoms with Crippen LogP contribution >= 0.6 is 0 Å². The first-order valence-corrected chi connectivity index (χ1v) is 4.98.